The third kappa shape index (κ3) is 10.8. The SMILES string of the molecule is CC(=O)c1ccc(NCCCCCCCCCCCCCc2ccc(Cl)cc2)cc1. The summed E-state index contributed by atoms with van der Waals surface area (Å²) < 4.78 is 0. The Bertz CT molecular complexity index is 709. The lowest BCUT2D eigenvalue weighted by Gasteiger charge is -2.07. The highest BCUT2D eigenvalue weighted by Gasteiger charge is 1.99. The maximum atomic E-state index is 11.3. The van der Waals surface area contributed by atoms with Crippen molar-refractivity contribution >= 4 is 23.1 Å². The quantitative estimate of drug-likeness (QED) is 0.215. The van der Waals surface area contributed by atoms with Gasteiger partial charge >= 0.3 is 0 Å². The lowest BCUT2D eigenvalue weighted by molar-refractivity contribution is 0.101. The predicted molar refractivity (Wildman–Crippen MR) is 131 cm³/mol. The maximum Gasteiger partial charge on any atom is 0.159 e. The number of nitrogens with one attached hydrogen (secondary N) is 1. The Morgan fingerprint density at radius 1 is 0.700 bits per heavy atom. The summed E-state index contributed by atoms with van der Waals surface area (Å²) in [5, 5.41) is 4.27. The Labute approximate surface area is 188 Å². The molecular formula is C27H38ClNO. The summed E-state index contributed by atoms with van der Waals surface area (Å²) >= 11 is 5.92. The molecule has 3 heteroatoms. The number of unbranched alkanes of at least 4 members (excludes halogenated alkanes) is 10. The van der Waals surface area contributed by atoms with Crippen LogP contribution in [0.4, 0.5) is 5.69 Å². The lowest BCUT2D eigenvalue weighted by atomic mass is 10.0. The lowest BCUT2D eigenvalue weighted by Crippen LogP contribution is -2.01. The first-order valence-corrected chi connectivity index (χ1v) is 12.1. The van der Waals surface area contributed by atoms with Gasteiger partial charge in [-0.1, -0.05) is 81.5 Å². The molecule has 2 aromatic rings. The van der Waals surface area contributed by atoms with Gasteiger partial charge in [0, 0.05) is 22.8 Å². The Kier molecular flexibility index (Phi) is 12.3. The third-order valence-corrected chi connectivity index (χ3v) is 5.93. The van der Waals surface area contributed by atoms with Crippen molar-refractivity contribution in [1.82, 2.24) is 0 Å². The number of benzene rings is 2. The fraction of sp³-hybridized carbons (Fsp3) is 0.519. The molecule has 0 fully saturated rings. The summed E-state index contributed by atoms with van der Waals surface area (Å²) in [7, 11) is 0. The van der Waals surface area contributed by atoms with Gasteiger partial charge in [-0.15, -0.1) is 0 Å². The molecule has 0 radical (unpaired) electrons. The molecule has 0 aliphatic carbocycles. The Morgan fingerprint density at radius 3 is 1.73 bits per heavy atom. The highest BCUT2D eigenvalue weighted by atomic mass is 35.5. The number of carbonyl (C=O) groups excluding carboxylic acids is 1. The van der Waals surface area contributed by atoms with Crippen molar-refractivity contribution in [3.8, 4) is 0 Å². The first-order chi connectivity index (χ1) is 14.6. The van der Waals surface area contributed by atoms with Crippen molar-refractivity contribution < 1.29 is 4.79 Å². The van der Waals surface area contributed by atoms with Crippen molar-refractivity contribution in [3.63, 3.8) is 0 Å². The number of Topliss-reactive ketones (excluding diaryl/α,β-unsaturated/α-hetero) is 1. The van der Waals surface area contributed by atoms with E-state index >= 15 is 0 Å². The van der Waals surface area contributed by atoms with E-state index in [1.807, 2.05) is 36.4 Å². The van der Waals surface area contributed by atoms with Gasteiger partial charge in [0.05, 0.1) is 0 Å². The average molecular weight is 428 g/mol. The molecule has 0 spiro atoms. The van der Waals surface area contributed by atoms with E-state index < -0.39 is 0 Å². The first-order valence-electron chi connectivity index (χ1n) is 11.7. The van der Waals surface area contributed by atoms with Gasteiger partial charge in [0.15, 0.2) is 5.78 Å². The molecule has 0 bridgehead atoms. The van der Waals surface area contributed by atoms with Gasteiger partial charge < -0.3 is 5.32 Å². The molecule has 1 N–H and O–H groups in total. The molecular weight excluding hydrogens is 390 g/mol. The predicted octanol–water partition coefficient (Wildman–Crippen LogP) is 8.49. The number of hydrogen-bond acceptors (Lipinski definition) is 2. The number of halogens is 1. The topological polar surface area (TPSA) is 29.1 Å². The smallest absolute Gasteiger partial charge is 0.159 e. The molecule has 0 saturated carbocycles. The molecule has 30 heavy (non-hydrogen) atoms. The van der Waals surface area contributed by atoms with E-state index in [4.69, 9.17) is 11.6 Å². The normalized spacial score (nSPS) is 10.9. The van der Waals surface area contributed by atoms with E-state index in [2.05, 4.69) is 17.4 Å². The molecule has 0 aliphatic rings. The van der Waals surface area contributed by atoms with Crippen LogP contribution in [0.3, 0.4) is 0 Å². The van der Waals surface area contributed by atoms with E-state index in [0.717, 1.165) is 22.8 Å². The van der Waals surface area contributed by atoms with Gasteiger partial charge in [-0.05, 0) is 68.1 Å². The van der Waals surface area contributed by atoms with Crippen molar-refractivity contribution in [2.75, 3.05) is 11.9 Å². The van der Waals surface area contributed by atoms with E-state index in [1.165, 1.54) is 82.6 Å². The molecule has 0 aliphatic heterocycles. The van der Waals surface area contributed by atoms with Crippen molar-refractivity contribution in [2.24, 2.45) is 0 Å². The highest BCUT2D eigenvalue weighted by molar-refractivity contribution is 6.30. The van der Waals surface area contributed by atoms with Crippen LogP contribution >= 0.6 is 11.6 Å². The summed E-state index contributed by atoms with van der Waals surface area (Å²) in [4.78, 5) is 11.3. The summed E-state index contributed by atoms with van der Waals surface area (Å²) in [6.45, 7) is 2.61. The van der Waals surface area contributed by atoms with Gasteiger partial charge in [0.2, 0.25) is 0 Å². The summed E-state index contributed by atoms with van der Waals surface area (Å²) in [5.41, 5.74) is 3.28. The minimum absolute atomic E-state index is 0.121. The zero-order valence-corrected chi connectivity index (χ0v) is 19.4. The summed E-state index contributed by atoms with van der Waals surface area (Å²) in [6.07, 6.45) is 15.9. The zero-order valence-electron chi connectivity index (χ0n) is 18.6. The molecule has 2 nitrogen and oxygen atoms in total. The van der Waals surface area contributed by atoms with Crippen molar-refractivity contribution in [3.05, 3.63) is 64.7 Å². The Hall–Kier alpha value is -1.80. The minimum atomic E-state index is 0.121. The van der Waals surface area contributed by atoms with Crippen LogP contribution in [0.1, 0.15) is 93.5 Å². The molecule has 2 aromatic carbocycles. The number of carbonyl (C=O) groups is 1. The second-order valence-corrected chi connectivity index (χ2v) is 8.76. The number of aryl methyl sites for hydroxylation is 1. The molecule has 0 aromatic heterocycles. The Morgan fingerprint density at radius 2 is 1.20 bits per heavy atom. The van der Waals surface area contributed by atoms with E-state index in [-0.39, 0.29) is 5.78 Å². The first kappa shape index (κ1) is 24.5. The molecule has 0 heterocycles. The molecule has 0 saturated heterocycles. The maximum absolute atomic E-state index is 11.3. The molecule has 0 amide bonds. The van der Waals surface area contributed by atoms with Crippen LogP contribution < -0.4 is 5.32 Å². The molecule has 2 rings (SSSR count). The molecule has 0 atom stereocenters. The van der Waals surface area contributed by atoms with Gasteiger partial charge in [-0.2, -0.15) is 0 Å². The standard InChI is InChI=1S/C27H38ClNO/c1-23(30)25-16-20-27(21-17-25)29-22-12-10-8-6-4-2-3-5-7-9-11-13-24-14-18-26(28)19-15-24/h14-21,29H,2-13,22H2,1H3. The number of hydrogen-bond donors (Lipinski definition) is 1. The number of anilines is 1. The van der Waals surface area contributed by atoms with Crippen LogP contribution in [0.5, 0.6) is 0 Å². The van der Waals surface area contributed by atoms with Crippen LogP contribution in [0.15, 0.2) is 48.5 Å². The number of rotatable bonds is 16. The van der Waals surface area contributed by atoms with E-state index in [9.17, 15) is 4.79 Å². The third-order valence-electron chi connectivity index (χ3n) is 5.68. The minimum Gasteiger partial charge on any atom is -0.385 e. The molecule has 0 unspecified atom stereocenters. The van der Waals surface area contributed by atoms with Crippen LogP contribution in [0.2, 0.25) is 5.02 Å². The monoisotopic (exact) mass is 427 g/mol. The van der Waals surface area contributed by atoms with Crippen LogP contribution in [0.25, 0.3) is 0 Å². The fourth-order valence-electron chi connectivity index (χ4n) is 3.75. The van der Waals surface area contributed by atoms with Gasteiger partial charge in [-0.25, -0.2) is 0 Å². The Balaban J connectivity index is 1.33. The van der Waals surface area contributed by atoms with Gasteiger partial charge in [-0.3, -0.25) is 4.79 Å². The average Bonchev–Trinajstić information content (AvgIpc) is 2.75. The highest BCUT2D eigenvalue weighted by Crippen LogP contribution is 2.15. The van der Waals surface area contributed by atoms with Crippen molar-refractivity contribution in [1.29, 1.82) is 0 Å². The van der Waals surface area contributed by atoms with Gasteiger partial charge in [0.25, 0.3) is 0 Å². The second kappa shape index (κ2) is 15.1. The van der Waals surface area contributed by atoms with Crippen LogP contribution in [0, 0.1) is 0 Å². The van der Waals surface area contributed by atoms with Crippen LogP contribution in [-0.2, 0) is 6.42 Å². The van der Waals surface area contributed by atoms with Gasteiger partial charge in [0.1, 0.15) is 0 Å². The fourth-order valence-corrected chi connectivity index (χ4v) is 3.88. The second-order valence-electron chi connectivity index (χ2n) is 8.33. The van der Waals surface area contributed by atoms with E-state index in [0.29, 0.717) is 0 Å². The largest absolute Gasteiger partial charge is 0.385 e. The van der Waals surface area contributed by atoms with Crippen LogP contribution in [-0.4, -0.2) is 12.3 Å². The zero-order chi connectivity index (χ0) is 21.4. The van der Waals surface area contributed by atoms with Crippen molar-refractivity contribution in [2.45, 2.75) is 84.0 Å². The molecule has 164 valence electrons. The number of ketones is 1. The summed E-state index contributed by atoms with van der Waals surface area (Å²) in [6, 6.07) is 16.0. The van der Waals surface area contributed by atoms with E-state index in [1.54, 1.807) is 6.92 Å². The summed E-state index contributed by atoms with van der Waals surface area (Å²) in [5.74, 6) is 0.121.